The molecule has 1 aromatic heterocycles. The monoisotopic (exact) mass is 919 g/mol. The van der Waals surface area contributed by atoms with Crippen molar-refractivity contribution in [3.05, 3.63) is 293 Å². The summed E-state index contributed by atoms with van der Waals surface area (Å²) in [6.07, 6.45) is 0. The van der Waals surface area contributed by atoms with Crippen LogP contribution in [-0.2, 0) is 10.8 Å². The predicted octanol–water partition coefficient (Wildman–Crippen LogP) is 17.7. The minimum absolute atomic E-state index is 0.628. The van der Waals surface area contributed by atoms with Crippen molar-refractivity contribution in [1.82, 2.24) is 0 Å². The van der Waals surface area contributed by atoms with E-state index in [9.17, 15) is 0 Å². The fraction of sp³-hybridized carbons (Fsp3) is 0.0294. The molecule has 11 aromatic carbocycles. The number of para-hydroxylation sites is 5. The van der Waals surface area contributed by atoms with E-state index in [1.807, 2.05) is 12.1 Å². The number of furan rings is 1. The summed E-state index contributed by atoms with van der Waals surface area (Å²) in [5.41, 5.74) is 20.3. The summed E-state index contributed by atoms with van der Waals surface area (Å²) < 4.78 is 19.9. The zero-order chi connectivity index (χ0) is 47.1. The van der Waals surface area contributed by atoms with Crippen LogP contribution in [0.4, 0.5) is 17.1 Å². The molecule has 0 fully saturated rings. The Morgan fingerprint density at radius 2 is 0.653 bits per heavy atom. The first-order valence-corrected chi connectivity index (χ1v) is 24.7. The zero-order valence-corrected chi connectivity index (χ0v) is 38.8. The Bertz CT molecular complexity index is 3970. The van der Waals surface area contributed by atoms with Gasteiger partial charge in [-0.2, -0.15) is 0 Å². The number of benzene rings is 11. The third kappa shape index (κ3) is 5.15. The molecule has 16 rings (SSSR count). The van der Waals surface area contributed by atoms with Crippen LogP contribution in [-0.4, -0.2) is 0 Å². The smallest absolute Gasteiger partial charge is 0.136 e. The molecule has 336 valence electrons. The van der Waals surface area contributed by atoms with Crippen LogP contribution >= 0.6 is 0 Å². The van der Waals surface area contributed by atoms with E-state index in [-0.39, 0.29) is 0 Å². The van der Waals surface area contributed by atoms with Crippen LogP contribution in [0.1, 0.15) is 44.5 Å². The van der Waals surface area contributed by atoms with E-state index in [1.165, 1.54) is 44.5 Å². The SMILES string of the molecule is c1ccc2c(c1)Oc1ccccc1C21c2ccccc2-c2ccc(N(c3ccc(-c4ccc5c(c4)oc4ccccc45)cc3)c3ccc4c(c3)C3(c5ccccc5Oc5ccccc53)c3ccccc3-4)cc21. The number of nitrogens with zero attached hydrogens (tertiary/aromatic N) is 1. The minimum atomic E-state index is -0.628. The molecule has 2 aliphatic carbocycles. The molecule has 2 spiro atoms. The van der Waals surface area contributed by atoms with Crippen molar-refractivity contribution >= 4 is 39.0 Å². The highest BCUT2D eigenvalue weighted by Gasteiger charge is 2.53. The lowest BCUT2D eigenvalue weighted by atomic mass is 9.66. The molecule has 0 saturated carbocycles. The minimum Gasteiger partial charge on any atom is -0.457 e. The zero-order valence-electron chi connectivity index (χ0n) is 38.8. The molecular formula is C68H41NO3. The van der Waals surface area contributed by atoms with Crippen molar-refractivity contribution in [1.29, 1.82) is 0 Å². The molecule has 0 bridgehead atoms. The third-order valence-electron chi connectivity index (χ3n) is 16.0. The van der Waals surface area contributed by atoms with Crippen molar-refractivity contribution in [2.75, 3.05) is 4.90 Å². The van der Waals surface area contributed by atoms with Gasteiger partial charge in [0.25, 0.3) is 0 Å². The number of rotatable bonds is 4. The lowest BCUT2D eigenvalue weighted by Gasteiger charge is -2.40. The lowest BCUT2D eigenvalue weighted by Crippen LogP contribution is -2.32. The normalized spacial score (nSPS) is 14.3. The van der Waals surface area contributed by atoms with Crippen molar-refractivity contribution in [2.45, 2.75) is 10.8 Å². The summed E-state index contributed by atoms with van der Waals surface area (Å²) in [4.78, 5) is 2.45. The number of hydrogen-bond acceptors (Lipinski definition) is 4. The Labute approximate surface area is 416 Å². The van der Waals surface area contributed by atoms with Gasteiger partial charge in [0.2, 0.25) is 0 Å². The van der Waals surface area contributed by atoms with Gasteiger partial charge in [-0.3, -0.25) is 0 Å². The summed E-state index contributed by atoms with van der Waals surface area (Å²) in [7, 11) is 0. The predicted molar refractivity (Wildman–Crippen MR) is 289 cm³/mol. The molecule has 0 unspecified atom stereocenters. The average Bonchev–Trinajstić information content (AvgIpc) is 4.06. The fourth-order valence-corrected chi connectivity index (χ4v) is 13.1. The number of hydrogen-bond donors (Lipinski definition) is 0. The maximum absolute atomic E-state index is 6.75. The molecule has 4 nitrogen and oxygen atoms in total. The molecule has 0 radical (unpaired) electrons. The van der Waals surface area contributed by atoms with Crippen molar-refractivity contribution in [2.24, 2.45) is 0 Å². The van der Waals surface area contributed by atoms with E-state index in [4.69, 9.17) is 13.9 Å². The summed E-state index contributed by atoms with van der Waals surface area (Å²) in [5.74, 6) is 3.49. The Balaban J connectivity index is 0.940. The molecule has 0 saturated heterocycles. The van der Waals surface area contributed by atoms with E-state index in [0.717, 1.165) is 95.4 Å². The summed E-state index contributed by atoms with van der Waals surface area (Å²) in [5, 5.41) is 2.25. The first kappa shape index (κ1) is 39.5. The van der Waals surface area contributed by atoms with Gasteiger partial charge >= 0.3 is 0 Å². The second-order valence-electron chi connectivity index (χ2n) is 19.4. The molecule has 0 amide bonds. The van der Waals surface area contributed by atoms with Gasteiger partial charge in [-0.05, 0) is 134 Å². The van der Waals surface area contributed by atoms with Gasteiger partial charge in [-0.15, -0.1) is 0 Å². The third-order valence-corrected chi connectivity index (χ3v) is 16.0. The van der Waals surface area contributed by atoms with E-state index in [0.29, 0.717) is 0 Å². The highest BCUT2D eigenvalue weighted by Crippen LogP contribution is 2.65. The first-order valence-electron chi connectivity index (χ1n) is 24.7. The van der Waals surface area contributed by atoms with Gasteiger partial charge in [0.15, 0.2) is 0 Å². The average molecular weight is 920 g/mol. The van der Waals surface area contributed by atoms with Crippen LogP contribution in [0.5, 0.6) is 23.0 Å². The Morgan fingerprint density at radius 3 is 1.17 bits per heavy atom. The summed E-state index contributed by atoms with van der Waals surface area (Å²) in [6, 6.07) is 90.3. The maximum Gasteiger partial charge on any atom is 0.136 e. The van der Waals surface area contributed by atoms with Gasteiger partial charge < -0.3 is 18.8 Å². The Kier molecular flexibility index (Phi) is 7.99. The van der Waals surface area contributed by atoms with E-state index < -0.39 is 10.8 Å². The fourth-order valence-electron chi connectivity index (χ4n) is 13.1. The van der Waals surface area contributed by atoms with E-state index >= 15 is 0 Å². The second kappa shape index (κ2) is 14.6. The van der Waals surface area contributed by atoms with E-state index in [1.54, 1.807) is 0 Å². The van der Waals surface area contributed by atoms with Gasteiger partial charge in [0.1, 0.15) is 34.2 Å². The standard InChI is InChI=1S/C68H41NO3/c1-4-18-53-47(15-1)49-37-34-45(40-59(49)67(53)55-20-6-11-25-62(55)71-63-26-12-7-21-56(63)67)69(44-32-29-42(30-33-44)43-31-36-52-51-17-3-10-24-61(51)70-66(52)39-43)46-35-38-50-48-16-2-5-19-54(48)68(60(50)41-46)57-22-8-13-27-64(57)72-65-28-14-9-23-58(65)68/h1-41H. The quantitative estimate of drug-likeness (QED) is 0.176. The van der Waals surface area contributed by atoms with Crippen LogP contribution in [0.15, 0.2) is 253 Å². The largest absolute Gasteiger partial charge is 0.457 e. The second-order valence-corrected chi connectivity index (χ2v) is 19.4. The topological polar surface area (TPSA) is 34.8 Å². The van der Waals surface area contributed by atoms with Gasteiger partial charge in [-0.1, -0.05) is 170 Å². The molecule has 0 atom stereocenters. The molecule has 3 heterocycles. The van der Waals surface area contributed by atoms with Crippen molar-refractivity contribution in [3.63, 3.8) is 0 Å². The lowest BCUT2D eigenvalue weighted by molar-refractivity contribution is 0.436. The molecule has 4 heteroatoms. The summed E-state index contributed by atoms with van der Waals surface area (Å²) >= 11 is 0. The Hall–Kier alpha value is -9.38. The first-order chi connectivity index (χ1) is 35.7. The van der Waals surface area contributed by atoms with Crippen LogP contribution < -0.4 is 14.4 Å². The van der Waals surface area contributed by atoms with Crippen LogP contribution in [0, 0.1) is 0 Å². The highest BCUT2D eigenvalue weighted by molar-refractivity contribution is 6.06. The van der Waals surface area contributed by atoms with Gasteiger partial charge in [0.05, 0.1) is 10.8 Å². The number of fused-ring (bicyclic) bond motifs is 21. The van der Waals surface area contributed by atoms with Crippen LogP contribution in [0.25, 0.3) is 55.3 Å². The van der Waals surface area contributed by atoms with Crippen molar-refractivity contribution in [3.8, 4) is 56.4 Å². The van der Waals surface area contributed by atoms with Gasteiger partial charge in [0, 0.05) is 50.1 Å². The van der Waals surface area contributed by atoms with Crippen LogP contribution in [0.3, 0.4) is 0 Å². The number of anilines is 3. The Morgan fingerprint density at radius 1 is 0.264 bits per heavy atom. The molecule has 0 N–H and O–H groups in total. The molecule has 72 heavy (non-hydrogen) atoms. The highest BCUT2D eigenvalue weighted by atomic mass is 16.5. The van der Waals surface area contributed by atoms with E-state index in [2.05, 4.69) is 241 Å². The molecule has 2 aliphatic heterocycles. The van der Waals surface area contributed by atoms with Crippen LogP contribution in [0.2, 0.25) is 0 Å². The molecule has 12 aromatic rings. The van der Waals surface area contributed by atoms with Gasteiger partial charge in [-0.25, -0.2) is 0 Å². The van der Waals surface area contributed by atoms with Crippen molar-refractivity contribution < 1.29 is 13.9 Å². The molecular weight excluding hydrogens is 879 g/mol. The summed E-state index contributed by atoms with van der Waals surface area (Å²) in [6.45, 7) is 0. The molecule has 4 aliphatic rings. The number of ether oxygens (including phenoxy) is 2. The maximum atomic E-state index is 6.75.